The monoisotopic (exact) mass is 499 g/mol. The number of carbonyl (C=O) groups excluding carboxylic acids is 2. The second-order valence-electron chi connectivity index (χ2n) is 8.21. The molecule has 9 nitrogen and oxygen atoms in total. The van der Waals surface area contributed by atoms with Gasteiger partial charge in [-0.3, -0.25) is 14.6 Å². The third kappa shape index (κ3) is 6.20. The molecule has 190 valence electrons. The van der Waals surface area contributed by atoms with Crippen LogP contribution in [0.2, 0.25) is 0 Å². The quantitative estimate of drug-likeness (QED) is 0.279. The summed E-state index contributed by atoms with van der Waals surface area (Å²) in [5.41, 5.74) is 3.63. The maximum Gasteiger partial charge on any atom is 0.275 e. The highest BCUT2D eigenvalue weighted by molar-refractivity contribution is 6.12. The number of nitrogens with zero attached hydrogens (tertiary/aromatic N) is 2. The third-order valence-electron chi connectivity index (χ3n) is 5.75. The summed E-state index contributed by atoms with van der Waals surface area (Å²) in [7, 11) is 2.96. The number of nitrogens with one attached hydrogen (secondary N) is 3. The Kier molecular flexibility index (Phi) is 8.27. The van der Waals surface area contributed by atoms with Crippen LogP contribution in [0, 0.1) is 0 Å². The minimum absolute atomic E-state index is 0.119. The van der Waals surface area contributed by atoms with Crippen molar-refractivity contribution in [1.29, 1.82) is 0 Å². The average molecular weight is 500 g/mol. The zero-order chi connectivity index (χ0) is 26.2. The Balaban J connectivity index is 1.58. The van der Waals surface area contributed by atoms with Crippen LogP contribution < -0.4 is 25.4 Å². The van der Waals surface area contributed by atoms with Gasteiger partial charge in [0.05, 0.1) is 42.7 Å². The number of aromatic nitrogens is 2. The highest BCUT2D eigenvalue weighted by Crippen LogP contribution is 2.34. The fourth-order valence-electron chi connectivity index (χ4n) is 3.79. The molecule has 0 saturated heterocycles. The summed E-state index contributed by atoms with van der Waals surface area (Å²) in [4.78, 5) is 35.0. The lowest BCUT2D eigenvalue weighted by Gasteiger charge is -2.16. The molecule has 4 aromatic rings. The molecule has 0 radical (unpaired) electrons. The first-order valence-corrected chi connectivity index (χ1v) is 11.9. The van der Waals surface area contributed by atoms with Crippen molar-refractivity contribution in [3.05, 3.63) is 83.7 Å². The minimum Gasteiger partial charge on any atom is -0.493 e. The van der Waals surface area contributed by atoms with E-state index in [1.54, 1.807) is 12.1 Å². The van der Waals surface area contributed by atoms with Gasteiger partial charge in [0.15, 0.2) is 11.5 Å². The first-order chi connectivity index (χ1) is 18.0. The van der Waals surface area contributed by atoms with E-state index >= 15 is 0 Å². The Bertz CT molecular complexity index is 1410. The Hall–Kier alpha value is -4.50. The Morgan fingerprint density at radius 2 is 1.57 bits per heavy atom. The lowest BCUT2D eigenvalue weighted by molar-refractivity contribution is 0.102. The number of carbonyl (C=O) groups is 2. The molecule has 0 unspecified atom stereocenters. The second kappa shape index (κ2) is 12.0. The molecule has 0 spiro atoms. The fraction of sp³-hybridized carbons (Fsp3) is 0.214. The van der Waals surface area contributed by atoms with Crippen molar-refractivity contribution in [3.8, 4) is 11.5 Å². The van der Waals surface area contributed by atoms with Crippen molar-refractivity contribution >= 4 is 34.2 Å². The third-order valence-corrected chi connectivity index (χ3v) is 5.75. The number of hydrogen-bond acceptors (Lipinski definition) is 7. The van der Waals surface area contributed by atoms with Crippen molar-refractivity contribution in [1.82, 2.24) is 15.3 Å². The largest absolute Gasteiger partial charge is 0.493 e. The molecule has 9 heteroatoms. The van der Waals surface area contributed by atoms with Gasteiger partial charge in [-0.05, 0) is 55.4 Å². The van der Waals surface area contributed by atoms with Gasteiger partial charge >= 0.3 is 0 Å². The molecule has 1 aromatic heterocycles. The lowest BCUT2D eigenvalue weighted by atomic mass is 10.1. The van der Waals surface area contributed by atoms with Crippen LogP contribution in [0.4, 0.5) is 11.4 Å². The molecule has 3 aromatic carbocycles. The second-order valence-corrected chi connectivity index (χ2v) is 8.21. The van der Waals surface area contributed by atoms with Gasteiger partial charge in [0, 0.05) is 11.8 Å². The Morgan fingerprint density at radius 1 is 0.865 bits per heavy atom. The van der Waals surface area contributed by atoms with Gasteiger partial charge < -0.3 is 25.4 Å². The van der Waals surface area contributed by atoms with Gasteiger partial charge in [0.1, 0.15) is 5.69 Å². The fourth-order valence-corrected chi connectivity index (χ4v) is 3.79. The summed E-state index contributed by atoms with van der Waals surface area (Å²) in [5, 5.41) is 8.96. The summed E-state index contributed by atoms with van der Waals surface area (Å²) in [6, 6.07) is 18.0. The van der Waals surface area contributed by atoms with Crippen molar-refractivity contribution in [3.63, 3.8) is 0 Å². The molecule has 3 N–H and O–H groups in total. The standard InChI is InChI=1S/C28H29N5O4/c1-4-29-14-13-18-9-11-19(12-10-18)31-27(34)20-15-25(36-2)26(37-3)16-23(20)33-28(35)24-17-30-21-7-5-6-8-22(21)32-24/h5-12,15-17,29H,4,13-14H2,1-3H3,(H,31,34)(H,33,35). The molecule has 0 bridgehead atoms. The average Bonchev–Trinajstić information content (AvgIpc) is 2.93. The molecular formula is C28H29N5O4. The number of hydrogen-bond donors (Lipinski definition) is 3. The molecule has 0 aliphatic rings. The number of likely N-dealkylation sites (N-methyl/N-ethyl adjacent to an activating group) is 1. The number of amides is 2. The number of fused-ring (bicyclic) bond motifs is 1. The summed E-state index contributed by atoms with van der Waals surface area (Å²) in [5.74, 6) is -0.204. The van der Waals surface area contributed by atoms with Crippen LogP contribution in [-0.4, -0.2) is 49.1 Å². The van der Waals surface area contributed by atoms with E-state index in [9.17, 15) is 9.59 Å². The van der Waals surface area contributed by atoms with Gasteiger partial charge in [-0.15, -0.1) is 0 Å². The number of para-hydroxylation sites is 2. The minimum atomic E-state index is -0.510. The highest BCUT2D eigenvalue weighted by Gasteiger charge is 2.20. The predicted molar refractivity (Wildman–Crippen MR) is 144 cm³/mol. The molecule has 0 aliphatic carbocycles. The Labute approximate surface area is 215 Å². The van der Waals surface area contributed by atoms with E-state index in [0.29, 0.717) is 28.2 Å². The van der Waals surface area contributed by atoms with Gasteiger partial charge in [-0.25, -0.2) is 4.98 Å². The van der Waals surface area contributed by atoms with Crippen molar-refractivity contribution < 1.29 is 19.1 Å². The van der Waals surface area contributed by atoms with Crippen LogP contribution in [0.1, 0.15) is 33.3 Å². The maximum absolute atomic E-state index is 13.3. The number of anilines is 2. The topological polar surface area (TPSA) is 114 Å². The van der Waals surface area contributed by atoms with Crippen molar-refractivity contribution in [2.45, 2.75) is 13.3 Å². The van der Waals surface area contributed by atoms with E-state index in [0.717, 1.165) is 25.1 Å². The number of rotatable bonds is 10. The van der Waals surface area contributed by atoms with Gasteiger partial charge in [0.25, 0.3) is 11.8 Å². The van der Waals surface area contributed by atoms with Crippen LogP contribution in [0.25, 0.3) is 11.0 Å². The number of methoxy groups -OCH3 is 2. The molecular weight excluding hydrogens is 470 g/mol. The molecule has 0 atom stereocenters. The molecule has 1 heterocycles. The van der Waals surface area contributed by atoms with Crippen LogP contribution >= 0.6 is 0 Å². The molecule has 0 saturated carbocycles. The van der Waals surface area contributed by atoms with Crippen LogP contribution in [0.15, 0.2) is 66.9 Å². The lowest BCUT2D eigenvalue weighted by Crippen LogP contribution is -2.19. The SMILES string of the molecule is CCNCCc1ccc(NC(=O)c2cc(OC)c(OC)cc2NC(=O)c2cnc3ccccc3n2)cc1. The van der Waals surface area contributed by atoms with Gasteiger partial charge in [0.2, 0.25) is 0 Å². The zero-order valence-corrected chi connectivity index (χ0v) is 21.0. The van der Waals surface area contributed by atoms with E-state index in [1.807, 2.05) is 42.5 Å². The highest BCUT2D eigenvalue weighted by atomic mass is 16.5. The normalized spacial score (nSPS) is 10.7. The van der Waals surface area contributed by atoms with E-state index < -0.39 is 11.8 Å². The maximum atomic E-state index is 13.3. The molecule has 4 rings (SSSR count). The van der Waals surface area contributed by atoms with E-state index in [1.165, 1.54) is 26.5 Å². The molecule has 0 aliphatic heterocycles. The van der Waals surface area contributed by atoms with Crippen molar-refractivity contribution in [2.24, 2.45) is 0 Å². The van der Waals surface area contributed by atoms with Crippen LogP contribution in [0.5, 0.6) is 11.5 Å². The van der Waals surface area contributed by atoms with Gasteiger partial charge in [-0.2, -0.15) is 0 Å². The summed E-state index contributed by atoms with van der Waals surface area (Å²) >= 11 is 0. The van der Waals surface area contributed by atoms with E-state index in [4.69, 9.17) is 9.47 Å². The summed E-state index contributed by atoms with van der Waals surface area (Å²) < 4.78 is 10.8. The first kappa shape index (κ1) is 25.6. The summed E-state index contributed by atoms with van der Waals surface area (Å²) in [6.07, 6.45) is 2.29. The molecule has 2 amide bonds. The first-order valence-electron chi connectivity index (χ1n) is 11.9. The van der Waals surface area contributed by atoms with E-state index in [-0.39, 0.29) is 16.9 Å². The molecule has 0 fully saturated rings. The van der Waals surface area contributed by atoms with E-state index in [2.05, 4.69) is 32.8 Å². The molecule has 37 heavy (non-hydrogen) atoms. The van der Waals surface area contributed by atoms with Gasteiger partial charge in [-0.1, -0.05) is 31.2 Å². The van der Waals surface area contributed by atoms with Crippen LogP contribution in [0.3, 0.4) is 0 Å². The summed E-state index contributed by atoms with van der Waals surface area (Å²) in [6.45, 7) is 3.88. The smallest absolute Gasteiger partial charge is 0.275 e. The zero-order valence-electron chi connectivity index (χ0n) is 21.0. The van der Waals surface area contributed by atoms with Crippen LogP contribution in [-0.2, 0) is 6.42 Å². The predicted octanol–water partition coefficient (Wildman–Crippen LogP) is 4.30. The van der Waals surface area contributed by atoms with Crippen molar-refractivity contribution in [2.75, 3.05) is 37.9 Å². The Morgan fingerprint density at radius 3 is 2.27 bits per heavy atom. The number of benzene rings is 3. The number of ether oxygens (including phenoxy) is 2.